The fourth-order valence-electron chi connectivity index (χ4n) is 0.837. The van der Waals surface area contributed by atoms with Crippen molar-refractivity contribution in [1.82, 2.24) is 0 Å². The molecule has 0 aliphatic rings. The summed E-state index contributed by atoms with van der Waals surface area (Å²) in [6.07, 6.45) is 0. The van der Waals surface area contributed by atoms with Gasteiger partial charge >= 0.3 is 0 Å². The van der Waals surface area contributed by atoms with Crippen molar-refractivity contribution in [2.75, 3.05) is 0 Å². The standard InChI is InChI=1S/C8H7BrCl2/c1-5-2-3-7(10)6(4-9)8(5)11/h2-3H,4H2,1H3. The van der Waals surface area contributed by atoms with Gasteiger partial charge in [-0.3, -0.25) is 0 Å². The fraction of sp³-hybridized carbons (Fsp3) is 0.250. The van der Waals surface area contributed by atoms with Gasteiger partial charge in [-0.15, -0.1) is 0 Å². The van der Waals surface area contributed by atoms with Crippen LogP contribution in [0.2, 0.25) is 10.0 Å². The molecule has 1 aromatic rings. The smallest absolute Gasteiger partial charge is 0.0490 e. The van der Waals surface area contributed by atoms with Gasteiger partial charge in [0.1, 0.15) is 0 Å². The second kappa shape index (κ2) is 3.79. The number of alkyl halides is 1. The predicted molar refractivity (Wildman–Crippen MR) is 53.8 cm³/mol. The van der Waals surface area contributed by atoms with Crippen LogP contribution < -0.4 is 0 Å². The molecular formula is C8H7BrCl2. The average Bonchev–Trinajstić information content (AvgIpc) is 1.99. The molecule has 0 fully saturated rings. The Morgan fingerprint density at radius 1 is 1.36 bits per heavy atom. The minimum absolute atomic E-state index is 0.701. The van der Waals surface area contributed by atoms with Crippen LogP contribution >= 0.6 is 39.1 Å². The Morgan fingerprint density at radius 2 is 2.00 bits per heavy atom. The summed E-state index contributed by atoms with van der Waals surface area (Å²) in [6.45, 7) is 1.96. The molecule has 60 valence electrons. The number of hydrogen-bond donors (Lipinski definition) is 0. The minimum atomic E-state index is 0.701. The fourth-order valence-corrected chi connectivity index (χ4v) is 2.25. The summed E-state index contributed by atoms with van der Waals surface area (Å²) in [4.78, 5) is 0. The van der Waals surface area contributed by atoms with Gasteiger partial charge < -0.3 is 0 Å². The van der Waals surface area contributed by atoms with E-state index in [1.165, 1.54) is 0 Å². The molecule has 1 rings (SSSR count). The lowest BCUT2D eigenvalue weighted by Crippen LogP contribution is -1.85. The lowest BCUT2D eigenvalue weighted by Gasteiger charge is -2.04. The molecule has 0 spiro atoms. The Bertz CT molecular complexity index is 271. The number of benzene rings is 1. The molecule has 0 unspecified atom stereocenters. The van der Waals surface area contributed by atoms with Gasteiger partial charge in [-0.1, -0.05) is 45.2 Å². The molecule has 0 aromatic heterocycles. The Morgan fingerprint density at radius 3 is 2.45 bits per heavy atom. The zero-order valence-corrected chi connectivity index (χ0v) is 9.09. The normalized spacial score (nSPS) is 10.2. The molecule has 3 heteroatoms. The van der Waals surface area contributed by atoms with Crippen LogP contribution in [0.4, 0.5) is 0 Å². The van der Waals surface area contributed by atoms with Crippen molar-refractivity contribution < 1.29 is 0 Å². The molecule has 0 amide bonds. The van der Waals surface area contributed by atoms with Crippen LogP contribution in [0.5, 0.6) is 0 Å². The highest BCUT2D eigenvalue weighted by molar-refractivity contribution is 9.08. The summed E-state index contributed by atoms with van der Waals surface area (Å²) in [5.41, 5.74) is 2.03. The van der Waals surface area contributed by atoms with E-state index in [4.69, 9.17) is 23.2 Å². The summed E-state index contributed by atoms with van der Waals surface area (Å²) < 4.78 is 0. The molecule has 0 atom stereocenters. The number of aryl methyl sites for hydroxylation is 1. The summed E-state index contributed by atoms with van der Waals surface area (Å²) in [5, 5.41) is 2.18. The highest BCUT2D eigenvalue weighted by Crippen LogP contribution is 2.29. The van der Waals surface area contributed by atoms with Crippen LogP contribution in [0.1, 0.15) is 11.1 Å². The van der Waals surface area contributed by atoms with Crippen molar-refractivity contribution in [2.45, 2.75) is 12.3 Å². The van der Waals surface area contributed by atoms with Crippen LogP contribution in [0.3, 0.4) is 0 Å². The molecule has 0 N–H and O–H groups in total. The van der Waals surface area contributed by atoms with Crippen molar-refractivity contribution in [1.29, 1.82) is 0 Å². The van der Waals surface area contributed by atoms with E-state index >= 15 is 0 Å². The quantitative estimate of drug-likeness (QED) is 0.659. The first kappa shape index (κ1) is 9.37. The second-order valence-corrected chi connectivity index (χ2v) is 3.64. The molecule has 11 heavy (non-hydrogen) atoms. The summed E-state index contributed by atoms with van der Waals surface area (Å²) >= 11 is 15.2. The third kappa shape index (κ3) is 1.90. The Balaban J connectivity index is 3.29. The van der Waals surface area contributed by atoms with E-state index < -0.39 is 0 Å². The van der Waals surface area contributed by atoms with Crippen LogP contribution in [0.25, 0.3) is 0 Å². The van der Waals surface area contributed by atoms with Gasteiger partial charge in [0, 0.05) is 20.9 Å². The topological polar surface area (TPSA) is 0 Å². The van der Waals surface area contributed by atoms with E-state index in [1.54, 1.807) is 0 Å². The van der Waals surface area contributed by atoms with Gasteiger partial charge in [0.05, 0.1) is 0 Å². The molecular weight excluding hydrogens is 247 g/mol. The van der Waals surface area contributed by atoms with Crippen LogP contribution in [-0.4, -0.2) is 0 Å². The van der Waals surface area contributed by atoms with Gasteiger partial charge in [-0.25, -0.2) is 0 Å². The molecule has 0 heterocycles. The van der Waals surface area contributed by atoms with Gasteiger partial charge in [0.2, 0.25) is 0 Å². The van der Waals surface area contributed by atoms with Crippen LogP contribution in [-0.2, 0) is 5.33 Å². The maximum absolute atomic E-state index is 5.98. The van der Waals surface area contributed by atoms with E-state index in [0.717, 1.165) is 21.2 Å². The third-order valence-electron chi connectivity index (χ3n) is 1.51. The average molecular weight is 254 g/mol. The first-order valence-corrected chi connectivity index (χ1v) is 5.04. The van der Waals surface area contributed by atoms with Crippen LogP contribution in [0.15, 0.2) is 12.1 Å². The molecule has 0 radical (unpaired) electrons. The van der Waals surface area contributed by atoms with Crippen molar-refractivity contribution in [3.8, 4) is 0 Å². The lowest BCUT2D eigenvalue weighted by atomic mass is 10.1. The second-order valence-electron chi connectivity index (χ2n) is 2.29. The molecule has 0 aliphatic carbocycles. The number of halogens is 3. The van der Waals surface area contributed by atoms with E-state index in [9.17, 15) is 0 Å². The summed E-state index contributed by atoms with van der Waals surface area (Å²) in [5.74, 6) is 0. The first-order valence-electron chi connectivity index (χ1n) is 3.16. The summed E-state index contributed by atoms with van der Waals surface area (Å²) in [7, 11) is 0. The maximum Gasteiger partial charge on any atom is 0.0490 e. The van der Waals surface area contributed by atoms with Gasteiger partial charge in [0.15, 0.2) is 0 Å². The van der Waals surface area contributed by atoms with Gasteiger partial charge in [-0.2, -0.15) is 0 Å². The van der Waals surface area contributed by atoms with Crippen molar-refractivity contribution in [3.63, 3.8) is 0 Å². The van der Waals surface area contributed by atoms with E-state index in [0.29, 0.717) is 5.33 Å². The van der Waals surface area contributed by atoms with Crippen molar-refractivity contribution in [3.05, 3.63) is 33.3 Å². The first-order chi connectivity index (χ1) is 5.16. The van der Waals surface area contributed by atoms with Crippen LogP contribution in [0, 0.1) is 6.92 Å². The van der Waals surface area contributed by atoms with E-state index in [-0.39, 0.29) is 0 Å². The molecule has 1 aromatic carbocycles. The third-order valence-corrected chi connectivity index (χ3v) is 2.95. The predicted octanol–water partition coefficient (Wildman–Crippen LogP) is 4.20. The molecule has 0 saturated heterocycles. The Labute approximate surface area is 84.6 Å². The van der Waals surface area contributed by atoms with E-state index in [2.05, 4.69) is 15.9 Å². The SMILES string of the molecule is Cc1ccc(Cl)c(CBr)c1Cl. The molecule has 0 bridgehead atoms. The zero-order chi connectivity index (χ0) is 8.43. The molecule has 0 saturated carbocycles. The highest BCUT2D eigenvalue weighted by atomic mass is 79.9. The Kier molecular flexibility index (Phi) is 3.23. The van der Waals surface area contributed by atoms with Gasteiger partial charge in [0.25, 0.3) is 0 Å². The van der Waals surface area contributed by atoms with Crippen molar-refractivity contribution >= 4 is 39.1 Å². The minimum Gasteiger partial charge on any atom is -0.0875 e. The lowest BCUT2D eigenvalue weighted by molar-refractivity contribution is 1.37. The zero-order valence-electron chi connectivity index (χ0n) is 6.00. The van der Waals surface area contributed by atoms with E-state index in [1.807, 2.05) is 19.1 Å². The highest BCUT2D eigenvalue weighted by Gasteiger charge is 2.05. The summed E-state index contributed by atoms with van der Waals surface area (Å²) in [6, 6.07) is 3.77. The largest absolute Gasteiger partial charge is 0.0875 e. The molecule has 0 aliphatic heterocycles. The van der Waals surface area contributed by atoms with Gasteiger partial charge in [-0.05, 0) is 18.6 Å². The Hall–Kier alpha value is 0.280. The number of rotatable bonds is 1. The number of hydrogen-bond acceptors (Lipinski definition) is 0. The monoisotopic (exact) mass is 252 g/mol. The maximum atomic E-state index is 5.98. The molecule has 0 nitrogen and oxygen atoms in total. The van der Waals surface area contributed by atoms with Crippen molar-refractivity contribution in [2.24, 2.45) is 0 Å².